The zero-order valence-corrected chi connectivity index (χ0v) is 21.3. The van der Waals surface area contributed by atoms with Gasteiger partial charge in [-0.3, -0.25) is 14.5 Å². The fourth-order valence-electron chi connectivity index (χ4n) is 5.46. The third-order valence-corrected chi connectivity index (χ3v) is 7.70. The number of carbonyl (C=O) groups excluding carboxylic acids is 2. The molecule has 0 fully saturated rings. The SMILES string of the molecule is Cc1ccc(Br)c(N2C(N)=C(C#N)C3(C(=O)Nc4ccc(Cl)cc43)C3=C2CC(C)(C)CC3=O)c1. The predicted molar refractivity (Wildman–Crippen MR) is 135 cm³/mol. The van der Waals surface area contributed by atoms with Crippen LogP contribution in [0.4, 0.5) is 11.4 Å². The second-order valence-corrected chi connectivity index (χ2v) is 11.1. The number of amides is 1. The van der Waals surface area contributed by atoms with Crippen LogP contribution in [0.3, 0.4) is 0 Å². The van der Waals surface area contributed by atoms with E-state index in [4.69, 9.17) is 17.3 Å². The van der Waals surface area contributed by atoms with Gasteiger partial charge < -0.3 is 11.1 Å². The summed E-state index contributed by atoms with van der Waals surface area (Å²) in [7, 11) is 0. The summed E-state index contributed by atoms with van der Waals surface area (Å²) < 4.78 is 0.760. The normalized spacial score (nSPS) is 23.1. The van der Waals surface area contributed by atoms with Crippen molar-refractivity contribution in [3.63, 3.8) is 0 Å². The van der Waals surface area contributed by atoms with Crippen LogP contribution in [0.2, 0.25) is 5.02 Å². The second-order valence-electron chi connectivity index (χ2n) is 9.82. The molecule has 2 heterocycles. The van der Waals surface area contributed by atoms with E-state index < -0.39 is 11.3 Å². The maximum Gasteiger partial charge on any atom is 0.245 e. The van der Waals surface area contributed by atoms with Gasteiger partial charge in [-0.15, -0.1) is 0 Å². The number of nitrogens with zero attached hydrogens (tertiary/aromatic N) is 2. The van der Waals surface area contributed by atoms with Crippen LogP contribution >= 0.6 is 27.5 Å². The van der Waals surface area contributed by atoms with Crippen molar-refractivity contribution in [2.45, 2.75) is 39.0 Å². The molecule has 3 aliphatic rings. The van der Waals surface area contributed by atoms with Crippen molar-refractivity contribution >= 4 is 50.6 Å². The highest BCUT2D eigenvalue weighted by atomic mass is 79.9. The van der Waals surface area contributed by atoms with E-state index >= 15 is 0 Å². The average molecular weight is 538 g/mol. The first-order chi connectivity index (χ1) is 16.0. The molecular formula is C26H22BrClN4O2. The quantitative estimate of drug-likeness (QED) is 0.503. The first kappa shape index (κ1) is 22.7. The molecule has 1 amide bonds. The Balaban J connectivity index is 1.93. The Morgan fingerprint density at radius 3 is 2.62 bits per heavy atom. The lowest BCUT2D eigenvalue weighted by atomic mass is 9.61. The van der Waals surface area contributed by atoms with Crippen molar-refractivity contribution < 1.29 is 9.59 Å². The molecule has 2 aromatic rings. The van der Waals surface area contributed by atoms with Crippen LogP contribution in [0.1, 0.15) is 37.8 Å². The minimum Gasteiger partial charge on any atom is -0.384 e. The number of aryl methyl sites for hydroxylation is 1. The zero-order valence-electron chi connectivity index (χ0n) is 18.9. The molecule has 1 atom stereocenters. The second kappa shape index (κ2) is 7.46. The minimum absolute atomic E-state index is 0.0197. The van der Waals surface area contributed by atoms with E-state index in [1.807, 2.05) is 39.0 Å². The monoisotopic (exact) mass is 536 g/mol. The van der Waals surface area contributed by atoms with E-state index in [1.54, 1.807) is 23.1 Å². The number of halogens is 2. The van der Waals surface area contributed by atoms with Gasteiger partial charge in [-0.2, -0.15) is 5.26 Å². The smallest absolute Gasteiger partial charge is 0.245 e. The van der Waals surface area contributed by atoms with E-state index in [2.05, 4.69) is 27.3 Å². The number of nitriles is 1. The molecule has 1 aliphatic carbocycles. The molecule has 5 rings (SSSR count). The van der Waals surface area contributed by atoms with Crippen LogP contribution < -0.4 is 16.0 Å². The van der Waals surface area contributed by atoms with Crippen LogP contribution in [-0.4, -0.2) is 11.7 Å². The highest BCUT2D eigenvalue weighted by Crippen LogP contribution is 2.57. The molecule has 172 valence electrons. The van der Waals surface area contributed by atoms with Gasteiger partial charge in [-0.05, 0) is 70.6 Å². The molecule has 3 N–H and O–H groups in total. The molecule has 2 aromatic carbocycles. The summed E-state index contributed by atoms with van der Waals surface area (Å²) >= 11 is 9.94. The van der Waals surface area contributed by atoms with Gasteiger partial charge >= 0.3 is 0 Å². The zero-order chi connectivity index (χ0) is 24.6. The number of hydrogen-bond acceptors (Lipinski definition) is 5. The topological polar surface area (TPSA) is 99.2 Å². The molecule has 8 heteroatoms. The first-order valence-corrected chi connectivity index (χ1v) is 12.0. The third-order valence-electron chi connectivity index (χ3n) is 6.80. The van der Waals surface area contributed by atoms with Crippen molar-refractivity contribution in [1.82, 2.24) is 0 Å². The number of ketones is 1. The number of anilines is 2. The Morgan fingerprint density at radius 2 is 1.91 bits per heavy atom. The summed E-state index contributed by atoms with van der Waals surface area (Å²) in [4.78, 5) is 29.4. The largest absolute Gasteiger partial charge is 0.384 e. The third kappa shape index (κ3) is 2.98. The van der Waals surface area contributed by atoms with Gasteiger partial charge in [0.05, 0.1) is 11.3 Å². The molecule has 0 saturated carbocycles. The summed E-state index contributed by atoms with van der Waals surface area (Å²) in [5, 5.41) is 13.7. The number of rotatable bonds is 1. The predicted octanol–water partition coefficient (Wildman–Crippen LogP) is 5.46. The molecular weight excluding hydrogens is 516 g/mol. The summed E-state index contributed by atoms with van der Waals surface area (Å²) in [6, 6.07) is 13.0. The van der Waals surface area contributed by atoms with Gasteiger partial charge in [0.15, 0.2) is 5.78 Å². The minimum atomic E-state index is -1.64. The Hall–Kier alpha value is -3.08. The Bertz CT molecular complexity index is 1420. The summed E-state index contributed by atoms with van der Waals surface area (Å²) in [6.07, 6.45) is 0.747. The van der Waals surface area contributed by atoms with Crippen LogP contribution in [-0.2, 0) is 15.0 Å². The highest BCUT2D eigenvalue weighted by Gasteiger charge is 2.61. The molecule has 0 aromatic heterocycles. The molecule has 0 saturated heterocycles. The van der Waals surface area contributed by atoms with Gasteiger partial charge in [-0.25, -0.2) is 0 Å². The Labute approximate surface area is 211 Å². The standard InChI is InChI=1S/C26H22BrClN4O2/c1-13-4-6-17(27)19(8-13)32-20-10-25(2,3)11-21(33)22(20)26(16(12-29)23(32)30)15-9-14(28)5-7-18(15)31-24(26)34/h4-9H,10-11,30H2,1-3H3,(H,31,34). The van der Waals surface area contributed by atoms with E-state index in [1.165, 1.54) is 0 Å². The van der Waals surface area contributed by atoms with Crippen LogP contribution in [0.15, 0.2) is 63.5 Å². The molecule has 34 heavy (non-hydrogen) atoms. The van der Waals surface area contributed by atoms with E-state index in [9.17, 15) is 14.9 Å². The van der Waals surface area contributed by atoms with Crippen molar-refractivity contribution in [2.24, 2.45) is 11.1 Å². The van der Waals surface area contributed by atoms with Crippen molar-refractivity contribution in [1.29, 1.82) is 5.26 Å². The average Bonchev–Trinajstić information content (AvgIpc) is 3.01. The Morgan fingerprint density at radius 1 is 1.18 bits per heavy atom. The van der Waals surface area contributed by atoms with E-state index in [-0.39, 0.29) is 29.0 Å². The van der Waals surface area contributed by atoms with Gasteiger partial charge in [-0.1, -0.05) is 31.5 Å². The maximum atomic E-state index is 13.9. The number of benzene rings is 2. The van der Waals surface area contributed by atoms with Gasteiger partial charge in [0, 0.05) is 38.4 Å². The molecule has 2 aliphatic heterocycles. The van der Waals surface area contributed by atoms with Crippen LogP contribution in [0, 0.1) is 23.7 Å². The van der Waals surface area contributed by atoms with Gasteiger partial charge in [0.25, 0.3) is 0 Å². The first-order valence-electron chi connectivity index (χ1n) is 10.9. The number of hydrogen-bond donors (Lipinski definition) is 2. The number of Topliss-reactive ketones (excluding diaryl/α,β-unsaturated/α-hetero) is 1. The van der Waals surface area contributed by atoms with Crippen molar-refractivity contribution in [3.8, 4) is 6.07 Å². The molecule has 0 radical (unpaired) electrons. The number of nitrogens with two attached hydrogens (primary N) is 1. The van der Waals surface area contributed by atoms with E-state index in [0.29, 0.717) is 39.7 Å². The van der Waals surface area contributed by atoms with Crippen molar-refractivity contribution in [3.05, 3.63) is 79.7 Å². The number of carbonyl (C=O) groups is 2. The van der Waals surface area contributed by atoms with Crippen LogP contribution in [0.5, 0.6) is 0 Å². The number of fused-ring (bicyclic) bond motifs is 3. The van der Waals surface area contributed by atoms with Crippen LogP contribution in [0.25, 0.3) is 0 Å². The van der Waals surface area contributed by atoms with Gasteiger partial charge in [0.1, 0.15) is 17.3 Å². The van der Waals surface area contributed by atoms with Gasteiger partial charge in [0.2, 0.25) is 5.91 Å². The molecule has 6 nitrogen and oxygen atoms in total. The molecule has 0 bridgehead atoms. The lowest BCUT2D eigenvalue weighted by Crippen LogP contribution is -2.52. The fraction of sp³-hybridized carbons (Fsp3) is 0.269. The highest BCUT2D eigenvalue weighted by molar-refractivity contribution is 9.10. The molecule has 1 unspecified atom stereocenters. The number of nitrogens with one attached hydrogen (secondary N) is 1. The fourth-order valence-corrected chi connectivity index (χ4v) is 6.06. The summed E-state index contributed by atoms with van der Waals surface area (Å²) in [6.45, 7) is 5.99. The lowest BCUT2D eigenvalue weighted by molar-refractivity contribution is -0.123. The summed E-state index contributed by atoms with van der Waals surface area (Å²) in [5.74, 6) is -0.517. The molecule has 1 spiro atoms. The van der Waals surface area contributed by atoms with E-state index in [0.717, 1.165) is 10.0 Å². The summed E-state index contributed by atoms with van der Waals surface area (Å²) in [5.41, 5.74) is 8.38. The lowest BCUT2D eigenvalue weighted by Gasteiger charge is -2.47. The maximum absolute atomic E-state index is 13.9. The number of allylic oxidation sites excluding steroid dienone is 1. The van der Waals surface area contributed by atoms with Crippen molar-refractivity contribution in [2.75, 3.05) is 10.2 Å². The Kier molecular flexibility index (Phi) is 4.98.